The lowest BCUT2D eigenvalue weighted by molar-refractivity contribution is -0.164. The van der Waals surface area contributed by atoms with E-state index in [9.17, 15) is 19.5 Å². The summed E-state index contributed by atoms with van der Waals surface area (Å²) in [6.07, 6.45) is 8.28. The average molecular weight is 470 g/mol. The van der Waals surface area contributed by atoms with Gasteiger partial charge >= 0.3 is 5.97 Å². The molecule has 0 aromatic heterocycles. The smallest absolute Gasteiger partial charge is 0.303 e. The molecule has 8 unspecified atom stereocenters. The van der Waals surface area contributed by atoms with Crippen LogP contribution >= 0.6 is 0 Å². The SMILES string of the molecule is CC(=O)OCC(=O)C12CN(C(C)C)CC1CC1C3CCC4=CC(=O)C=CC4(C)C3C(O)CC12C. The second kappa shape index (κ2) is 7.86. The summed E-state index contributed by atoms with van der Waals surface area (Å²) in [5.74, 6) is 0.512. The molecule has 0 bridgehead atoms. The highest BCUT2D eigenvalue weighted by Crippen LogP contribution is 2.72. The topological polar surface area (TPSA) is 83.9 Å². The van der Waals surface area contributed by atoms with Crippen LogP contribution in [0.4, 0.5) is 0 Å². The molecular formula is C28H39NO5. The van der Waals surface area contributed by atoms with Gasteiger partial charge in [0, 0.05) is 37.4 Å². The van der Waals surface area contributed by atoms with Crippen LogP contribution in [0.3, 0.4) is 0 Å². The third-order valence-electron chi connectivity index (χ3n) is 10.7. The fourth-order valence-electron chi connectivity index (χ4n) is 9.13. The van der Waals surface area contributed by atoms with Crippen molar-refractivity contribution >= 4 is 17.5 Å². The molecule has 3 saturated carbocycles. The zero-order chi connectivity index (χ0) is 24.6. The maximum Gasteiger partial charge on any atom is 0.303 e. The van der Waals surface area contributed by atoms with Crippen molar-refractivity contribution in [3.05, 3.63) is 23.8 Å². The van der Waals surface area contributed by atoms with Gasteiger partial charge in [-0.05, 0) is 74.9 Å². The largest absolute Gasteiger partial charge is 0.458 e. The van der Waals surface area contributed by atoms with Crippen LogP contribution in [0, 0.1) is 39.9 Å². The van der Waals surface area contributed by atoms with Crippen LogP contribution in [0.2, 0.25) is 0 Å². The highest BCUT2D eigenvalue weighted by Gasteiger charge is 2.73. The van der Waals surface area contributed by atoms with E-state index in [1.807, 2.05) is 6.08 Å². The van der Waals surface area contributed by atoms with Crippen molar-refractivity contribution in [3.8, 4) is 0 Å². The Hall–Kier alpha value is -1.79. The molecule has 1 saturated heterocycles. The van der Waals surface area contributed by atoms with Crippen LogP contribution in [0.1, 0.15) is 60.3 Å². The van der Waals surface area contributed by atoms with Gasteiger partial charge < -0.3 is 9.84 Å². The average Bonchev–Trinajstić information content (AvgIpc) is 3.26. The highest BCUT2D eigenvalue weighted by molar-refractivity contribution is 6.01. The number of aliphatic hydroxyl groups is 1. The van der Waals surface area contributed by atoms with Crippen LogP contribution in [0.25, 0.3) is 0 Å². The molecule has 186 valence electrons. The number of rotatable bonds is 4. The number of aliphatic hydroxyl groups excluding tert-OH is 1. The van der Waals surface area contributed by atoms with Gasteiger partial charge in [0.25, 0.3) is 0 Å². The normalized spacial score (nSPS) is 45.3. The van der Waals surface area contributed by atoms with E-state index >= 15 is 0 Å². The number of likely N-dealkylation sites (tertiary alicyclic amines) is 1. The Morgan fingerprint density at radius 1 is 1.29 bits per heavy atom. The number of nitrogens with zero attached hydrogens (tertiary/aromatic N) is 1. The number of Topliss-reactive ketones (excluding diaryl/α,β-unsaturated/α-hetero) is 1. The Balaban J connectivity index is 1.55. The van der Waals surface area contributed by atoms with Gasteiger partial charge in [-0.3, -0.25) is 19.3 Å². The maximum absolute atomic E-state index is 13.9. The number of hydrogen-bond donors (Lipinski definition) is 1. The Bertz CT molecular complexity index is 983. The molecule has 5 rings (SSSR count). The van der Waals surface area contributed by atoms with E-state index in [-0.39, 0.29) is 40.8 Å². The van der Waals surface area contributed by atoms with Crippen LogP contribution in [0.5, 0.6) is 0 Å². The predicted molar refractivity (Wildman–Crippen MR) is 128 cm³/mol. The van der Waals surface area contributed by atoms with Gasteiger partial charge in [-0.25, -0.2) is 0 Å². The minimum Gasteiger partial charge on any atom is -0.458 e. The number of allylic oxidation sites excluding steroid dienone is 4. The fraction of sp³-hybridized carbons (Fsp3) is 0.750. The van der Waals surface area contributed by atoms with Gasteiger partial charge in [-0.15, -0.1) is 0 Å². The molecule has 6 nitrogen and oxygen atoms in total. The summed E-state index contributed by atoms with van der Waals surface area (Å²) in [4.78, 5) is 40.0. The molecule has 6 heteroatoms. The molecule has 1 aliphatic heterocycles. The standard InChI is InChI=1S/C28H39NO5/c1-16(2)29-13-19-11-22-21-7-6-18-10-20(31)8-9-26(18,4)25(21)23(32)12-27(22,5)28(19,15-29)24(33)14-34-17(3)30/h8-10,16,19,21-23,25,32H,6-7,11-15H2,1-5H3. The van der Waals surface area contributed by atoms with Crippen molar-refractivity contribution in [1.82, 2.24) is 4.90 Å². The Morgan fingerprint density at radius 3 is 2.71 bits per heavy atom. The monoisotopic (exact) mass is 469 g/mol. The van der Waals surface area contributed by atoms with Gasteiger partial charge in [0.15, 0.2) is 18.2 Å². The van der Waals surface area contributed by atoms with Crippen molar-refractivity contribution in [1.29, 1.82) is 0 Å². The Kier molecular flexibility index (Phi) is 5.53. The first-order valence-corrected chi connectivity index (χ1v) is 13.0. The number of esters is 1. The summed E-state index contributed by atoms with van der Waals surface area (Å²) in [5.41, 5.74) is -0.133. The molecule has 5 aliphatic rings. The lowest BCUT2D eigenvalue weighted by Gasteiger charge is -2.60. The second-order valence-corrected chi connectivity index (χ2v) is 12.3. The van der Waals surface area contributed by atoms with Crippen molar-refractivity contribution in [2.75, 3.05) is 19.7 Å². The number of carbonyl (C=O) groups excluding carboxylic acids is 3. The lowest BCUT2D eigenvalue weighted by Crippen LogP contribution is -2.60. The third kappa shape index (κ3) is 3.10. The molecule has 1 heterocycles. The molecule has 4 aliphatic carbocycles. The van der Waals surface area contributed by atoms with Crippen LogP contribution < -0.4 is 0 Å². The fourth-order valence-corrected chi connectivity index (χ4v) is 9.13. The van der Waals surface area contributed by atoms with E-state index < -0.39 is 17.5 Å². The van der Waals surface area contributed by atoms with E-state index in [2.05, 4.69) is 32.6 Å². The first kappa shape index (κ1) is 23.9. The number of ether oxygens (including phenoxy) is 1. The maximum atomic E-state index is 13.9. The number of fused-ring (bicyclic) bond motifs is 7. The first-order chi connectivity index (χ1) is 15.9. The van der Waals surface area contributed by atoms with E-state index in [0.717, 1.165) is 31.4 Å². The second-order valence-electron chi connectivity index (χ2n) is 12.3. The summed E-state index contributed by atoms with van der Waals surface area (Å²) in [6.45, 7) is 11.5. The molecular weight excluding hydrogens is 430 g/mol. The highest BCUT2D eigenvalue weighted by atomic mass is 16.5. The molecule has 0 amide bonds. The van der Waals surface area contributed by atoms with Crippen LogP contribution in [0.15, 0.2) is 23.8 Å². The summed E-state index contributed by atoms with van der Waals surface area (Å²) < 4.78 is 5.25. The summed E-state index contributed by atoms with van der Waals surface area (Å²) in [6, 6.07) is 0.332. The van der Waals surface area contributed by atoms with E-state index in [1.54, 1.807) is 12.2 Å². The van der Waals surface area contributed by atoms with Gasteiger partial charge in [-0.1, -0.05) is 25.5 Å². The minimum atomic E-state index is -0.612. The molecule has 0 spiro atoms. The molecule has 0 aromatic carbocycles. The molecule has 34 heavy (non-hydrogen) atoms. The molecule has 0 aromatic rings. The van der Waals surface area contributed by atoms with Crippen LogP contribution in [-0.4, -0.2) is 59.4 Å². The quantitative estimate of drug-likeness (QED) is 0.636. The lowest BCUT2D eigenvalue weighted by atomic mass is 9.44. The van der Waals surface area contributed by atoms with E-state index in [4.69, 9.17) is 4.74 Å². The number of carbonyl (C=O) groups is 3. The van der Waals surface area contributed by atoms with Crippen LogP contribution in [-0.2, 0) is 19.1 Å². The van der Waals surface area contributed by atoms with Gasteiger partial charge in [0.1, 0.15) is 0 Å². The zero-order valence-corrected chi connectivity index (χ0v) is 21.2. The van der Waals surface area contributed by atoms with E-state index in [1.165, 1.54) is 6.92 Å². The predicted octanol–water partition coefficient (Wildman–Crippen LogP) is 3.33. The summed E-state index contributed by atoms with van der Waals surface area (Å²) in [5, 5.41) is 11.7. The number of hydrogen-bond acceptors (Lipinski definition) is 6. The molecule has 1 N–H and O–H groups in total. The van der Waals surface area contributed by atoms with Gasteiger partial charge in [0.2, 0.25) is 0 Å². The van der Waals surface area contributed by atoms with Gasteiger partial charge in [-0.2, -0.15) is 0 Å². The third-order valence-corrected chi connectivity index (χ3v) is 10.7. The van der Waals surface area contributed by atoms with Crippen molar-refractivity contribution in [2.24, 2.45) is 39.9 Å². The minimum absolute atomic E-state index is 0.0252. The van der Waals surface area contributed by atoms with E-state index in [0.29, 0.717) is 30.8 Å². The van der Waals surface area contributed by atoms with Gasteiger partial charge in [0.05, 0.1) is 11.5 Å². The van der Waals surface area contributed by atoms with Crippen molar-refractivity contribution in [2.45, 2.75) is 72.4 Å². The Morgan fingerprint density at radius 2 is 2.03 bits per heavy atom. The molecule has 4 fully saturated rings. The van der Waals surface area contributed by atoms with Crippen molar-refractivity contribution in [3.63, 3.8) is 0 Å². The van der Waals surface area contributed by atoms with Crippen molar-refractivity contribution < 1.29 is 24.2 Å². The first-order valence-electron chi connectivity index (χ1n) is 13.0. The Labute approximate surface area is 202 Å². The zero-order valence-electron chi connectivity index (χ0n) is 21.2. The summed E-state index contributed by atoms with van der Waals surface area (Å²) >= 11 is 0. The summed E-state index contributed by atoms with van der Waals surface area (Å²) in [7, 11) is 0. The molecule has 0 radical (unpaired) electrons. The number of ketones is 2. The molecule has 8 atom stereocenters.